The van der Waals surface area contributed by atoms with Gasteiger partial charge in [-0.25, -0.2) is 4.79 Å². The summed E-state index contributed by atoms with van der Waals surface area (Å²) in [6.07, 6.45) is 5.25. The number of benzene rings is 1. The first-order valence-corrected chi connectivity index (χ1v) is 8.65. The van der Waals surface area contributed by atoms with E-state index in [1.807, 2.05) is 24.3 Å². The average Bonchev–Trinajstić information content (AvgIpc) is 3.16. The molecule has 2 atom stereocenters. The van der Waals surface area contributed by atoms with Gasteiger partial charge in [-0.2, -0.15) is 0 Å². The Morgan fingerprint density at radius 2 is 2.04 bits per heavy atom. The van der Waals surface area contributed by atoms with Gasteiger partial charge in [0.15, 0.2) is 0 Å². The summed E-state index contributed by atoms with van der Waals surface area (Å²) in [6, 6.07) is 8.05. The summed E-state index contributed by atoms with van der Waals surface area (Å²) >= 11 is 0. The van der Waals surface area contributed by atoms with Crippen LogP contribution in [0.1, 0.15) is 42.9 Å². The first kappa shape index (κ1) is 16.3. The van der Waals surface area contributed by atoms with Crippen LogP contribution in [0.2, 0.25) is 0 Å². The molecule has 0 bridgehead atoms. The molecule has 1 aromatic carbocycles. The maximum absolute atomic E-state index is 12.1. The van der Waals surface area contributed by atoms with Crippen LogP contribution in [0.5, 0.6) is 0 Å². The van der Waals surface area contributed by atoms with Crippen molar-refractivity contribution in [3.8, 4) is 0 Å². The third-order valence-electron chi connectivity index (χ3n) is 5.19. The number of aliphatic hydroxyl groups excluding tert-OH is 1. The molecule has 2 amide bonds. The van der Waals surface area contributed by atoms with Crippen molar-refractivity contribution in [3.05, 3.63) is 35.4 Å². The molecule has 5 heteroatoms. The topological polar surface area (TPSA) is 64.6 Å². The number of fused-ring (bicyclic) bond motifs is 1. The van der Waals surface area contributed by atoms with Crippen molar-refractivity contribution >= 4 is 6.03 Å². The van der Waals surface area contributed by atoms with Gasteiger partial charge in [0.1, 0.15) is 0 Å². The Hall–Kier alpha value is -1.59. The van der Waals surface area contributed by atoms with Crippen molar-refractivity contribution in [3.63, 3.8) is 0 Å². The van der Waals surface area contributed by atoms with E-state index in [9.17, 15) is 9.90 Å². The van der Waals surface area contributed by atoms with E-state index in [1.165, 1.54) is 25.7 Å². The largest absolute Gasteiger partial charge is 0.390 e. The molecule has 0 aromatic heterocycles. The van der Waals surface area contributed by atoms with E-state index in [1.54, 1.807) is 0 Å². The number of aliphatic hydroxyl groups is 1. The molecule has 0 radical (unpaired) electrons. The van der Waals surface area contributed by atoms with E-state index < -0.39 is 6.10 Å². The zero-order chi connectivity index (χ0) is 16.2. The van der Waals surface area contributed by atoms with Gasteiger partial charge in [0.25, 0.3) is 0 Å². The summed E-state index contributed by atoms with van der Waals surface area (Å²) < 4.78 is 0. The Labute approximate surface area is 138 Å². The molecular weight excluding hydrogens is 290 g/mol. The lowest BCUT2D eigenvalue weighted by Crippen LogP contribution is -2.44. The third-order valence-corrected chi connectivity index (χ3v) is 5.19. The highest BCUT2D eigenvalue weighted by Gasteiger charge is 2.31. The SMILES string of the molecule is CN(CCNC(=O)N[C@H]1c2ccccc2C[C@H]1O)C1CCCC1. The Balaban J connectivity index is 1.44. The number of rotatable bonds is 5. The Morgan fingerprint density at radius 3 is 2.83 bits per heavy atom. The van der Waals surface area contributed by atoms with Crippen LogP contribution in [0.15, 0.2) is 24.3 Å². The van der Waals surface area contributed by atoms with Crippen molar-refractivity contribution in [1.29, 1.82) is 0 Å². The van der Waals surface area contributed by atoms with E-state index in [0.717, 1.165) is 17.7 Å². The Morgan fingerprint density at radius 1 is 1.30 bits per heavy atom. The number of carbonyl (C=O) groups is 1. The normalized spacial score (nSPS) is 24.0. The highest BCUT2D eigenvalue weighted by Crippen LogP contribution is 2.31. The van der Waals surface area contributed by atoms with Gasteiger partial charge >= 0.3 is 6.03 Å². The molecule has 0 saturated heterocycles. The van der Waals surface area contributed by atoms with Gasteiger partial charge in [-0.05, 0) is 31.0 Å². The summed E-state index contributed by atoms with van der Waals surface area (Å²) in [7, 11) is 2.13. The third kappa shape index (κ3) is 3.85. The predicted molar refractivity (Wildman–Crippen MR) is 90.3 cm³/mol. The molecular formula is C18H27N3O2. The number of carbonyl (C=O) groups excluding carboxylic acids is 1. The smallest absolute Gasteiger partial charge is 0.315 e. The molecule has 3 N–H and O–H groups in total. The zero-order valence-corrected chi connectivity index (χ0v) is 13.8. The molecule has 0 heterocycles. The Bertz CT molecular complexity index is 543. The van der Waals surface area contributed by atoms with E-state index in [-0.39, 0.29) is 12.1 Å². The van der Waals surface area contributed by atoms with Gasteiger partial charge in [0, 0.05) is 25.6 Å². The molecule has 2 aliphatic carbocycles. The number of likely N-dealkylation sites (N-methyl/N-ethyl adjacent to an activating group) is 1. The van der Waals surface area contributed by atoms with Gasteiger partial charge in [-0.1, -0.05) is 37.1 Å². The van der Waals surface area contributed by atoms with Crippen LogP contribution in [0.3, 0.4) is 0 Å². The van der Waals surface area contributed by atoms with Gasteiger partial charge < -0.3 is 20.6 Å². The summed E-state index contributed by atoms with van der Waals surface area (Å²) in [5.41, 5.74) is 2.14. The molecule has 0 spiro atoms. The van der Waals surface area contributed by atoms with Crippen LogP contribution in [0.4, 0.5) is 4.79 Å². The van der Waals surface area contributed by atoms with Crippen molar-refractivity contribution in [2.45, 2.75) is 50.3 Å². The second-order valence-corrected chi connectivity index (χ2v) is 6.77. The van der Waals surface area contributed by atoms with E-state index >= 15 is 0 Å². The number of hydrogen-bond donors (Lipinski definition) is 3. The number of hydrogen-bond acceptors (Lipinski definition) is 3. The molecule has 1 fully saturated rings. The quantitative estimate of drug-likeness (QED) is 0.776. The van der Waals surface area contributed by atoms with Gasteiger partial charge in [-0.3, -0.25) is 0 Å². The lowest BCUT2D eigenvalue weighted by atomic mass is 10.1. The van der Waals surface area contributed by atoms with Gasteiger partial charge in [0.2, 0.25) is 0 Å². The number of nitrogens with one attached hydrogen (secondary N) is 2. The zero-order valence-electron chi connectivity index (χ0n) is 13.8. The summed E-state index contributed by atoms with van der Waals surface area (Å²) in [5.74, 6) is 0. The highest BCUT2D eigenvalue weighted by molar-refractivity contribution is 5.74. The molecule has 2 aliphatic rings. The second-order valence-electron chi connectivity index (χ2n) is 6.77. The van der Waals surface area contributed by atoms with Crippen LogP contribution in [-0.2, 0) is 6.42 Å². The minimum absolute atomic E-state index is 0.203. The number of amides is 2. The van der Waals surface area contributed by atoms with Gasteiger partial charge in [0.05, 0.1) is 12.1 Å². The second kappa shape index (κ2) is 7.32. The van der Waals surface area contributed by atoms with E-state index in [4.69, 9.17) is 0 Å². The monoisotopic (exact) mass is 317 g/mol. The van der Waals surface area contributed by atoms with E-state index in [2.05, 4.69) is 22.6 Å². The van der Waals surface area contributed by atoms with Crippen LogP contribution in [0, 0.1) is 0 Å². The molecule has 1 saturated carbocycles. The highest BCUT2D eigenvalue weighted by atomic mass is 16.3. The van der Waals surface area contributed by atoms with Crippen LogP contribution >= 0.6 is 0 Å². The fraction of sp³-hybridized carbons (Fsp3) is 0.611. The molecule has 0 aliphatic heterocycles. The summed E-state index contributed by atoms with van der Waals surface area (Å²) in [4.78, 5) is 14.4. The van der Waals surface area contributed by atoms with Crippen LogP contribution in [-0.4, -0.2) is 48.3 Å². The Kier molecular flexibility index (Phi) is 5.18. The average molecular weight is 317 g/mol. The van der Waals surface area contributed by atoms with Crippen LogP contribution in [0.25, 0.3) is 0 Å². The molecule has 1 aromatic rings. The first-order chi connectivity index (χ1) is 11.1. The predicted octanol–water partition coefficient (Wildman–Crippen LogP) is 1.82. The fourth-order valence-corrected chi connectivity index (χ4v) is 3.81. The van der Waals surface area contributed by atoms with Gasteiger partial charge in [-0.15, -0.1) is 0 Å². The van der Waals surface area contributed by atoms with Crippen molar-refractivity contribution < 1.29 is 9.90 Å². The first-order valence-electron chi connectivity index (χ1n) is 8.65. The maximum atomic E-state index is 12.1. The van der Waals surface area contributed by atoms with Crippen molar-refractivity contribution in [2.75, 3.05) is 20.1 Å². The standard InChI is InChI=1S/C18H27N3O2/c1-21(14-7-3-4-8-14)11-10-19-18(23)20-17-15-9-5-2-6-13(15)12-16(17)22/h2,5-6,9,14,16-17,22H,3-4,7-8,10-12H2,1H3,(H2,19,20,23)/t16-,17+/m1/s1. The van der Waals surface area contributed by atoms with Crippen molar-refractivity contribution in [1.82, 2.24) is 15.5 Å². The lowest BCUT2D eigenvalue weighted by molar-refractivity contribution is 0.142. The number of urea groups is 1. The minimum atomic E-state index is -0.542. The summed E-state index contributed by atoms with van der Waals surface area (Å²) in [5, 5.41) is 16.0. The minimum Gasteiger partial charge on any atom is -0.390 e. The fourth-order valence-electron chi connectivity index (χ4n) is 3.81. The molecule has 23 heavy (non-hydrogen) atoms. The molecule has 126 valence electrons. The molecule has 5 nitrogen and oxygen atoms in total. The lowest BCUT2D eigenvalue weighted by Gasteiger charge is -2.24. The molecule has 0 unspecified atom stereocenters. The number of nitrogens with zero attached hydrogens (tertiary/aromatic N) is 1. The van der Waals surface area contributed by atoms with E-state index in [0.29, 0.717) is 19.0 Å². The van der Waals surface area contributed by atoms with Crippen LogP contribution < -0.4 is 10.6 Å². The summed E-state index contributed by atoms with van der Waals surface area (Å²) in [6.45, 7) is 1.49. The molecule has 3 rings (SSSR count). The van der Waals surface area contributed by atoms with Crippen molar-refractivity contribution in [2.24, 2.45) is 0 Å². The maximum Gasteiger partial charge on any atom is 0.315 e.